The van der Waals surface area contributed by atoms with Crippen LogP contribution in [-0.4, -0.2) is 40.9 Å². The molecule has 25 heavy (non-hydrogen) atoms. The van der Waals surface area contributed by atoms with Crippen molar-refractivity contribution in [1.82, 2.24) is 34.3 Å². The molecule has 1 atom stereocenters. The molecule has 3 aromatic heterocycles. The zero-order chi connectivity index (χ0) is 16.8. The van der Waals surface area contributed by atoms with Crippen molar-refractivity contribution in [3.8, 4) is 0 Å². The minimum Gasteiger partial charge on any atom is -0.346 e. The zero-order valence-corrected chi connectivity index (χ0v) is 14.5. The SMILES string of the molecule is Cc1cc(N2CCCCC2c2nnc3n2CCCC3)n2ncnc2n1. The second-order valence-electron chi connectivity index (χ2n) is 7.02. The number of rotatable bonds is 2. The zero-order valence-electron chi connectivity index (χ0n) is 14.5. The first-order valence-corrected chi connectivity index (χ1v) is 9.17. The third-order valence-electron chi connectivity index (χ3n) is 5.34. The Balaban J connectivity index is 1.61. The maximum absolute atomic E-state index is 4.60. The van der Waals surface area contributed by atoms with Crippen LogP contribution in [0.1, 0.15) is 55.5 Å². The van der Waals surface area contributed by atoms with Crippen LogP contribution in [0, 0.1) is 6.92 Å². The number of hydrogen-bond acceptors (Lipinski definition) is 6. The summed E-state index contributed by atoms with van der Waals surface area (Å²) in [6.07, 6.45) is 8.53. The molecular formula is C17H22N8. The topological polar surface area (TPSA) is 77.0 Å². The molecule has 0 radical (unpaired) electrons. The van der Waals surface area contributed by atoms with Gasteiger partial charge in [0.2, 0.25) is 0 Å². The molecular weight excluding hydrogens is 316 g/mol. The molecule has 1 unspecified atom stereocenters. The van der Waals surface area contributed by atoms with Crippen LogP contribution >= 0.6 is 0 Å². The highest BCUT2D eigenvalue weighted by atomic mass is 15.4. The van der Waals surface area contributed by atoms with Crippen LogP contribution in [0.4, 0.5) is 5.82 Å². The van der Waals surface area contributed by atoms with Gasteiger partial charge in [-0.2, -0.15) is 14.6 Å². The van der Waals surface area contributed by atoms with Crippen LogP contribution < -0.4 is 4.90 Å². The normalized spacial score (nSPS) is 20.8. The van der Waals surface area contributed by atoms with Gasteiger partial charge in [-0.05, 0) is 39.0 Å². The van der Waals surface area contributed by atoms with E-state index in [1.807, 2.05) is 11.4 Å². The van der Waals surface area contributed by atoms with Crippen molar-refractivity contribution < 1.29 is 0 Å². The predicted molar refractivity (Wildman–Crippen MR) is 92.4 cm³/mol. The van der Waals surface area contributed by atoms with E-state index in [2.05, 4.69) is 40.8 Å². The fourth-order valence-electron chi connectivity index (χ4n) is 4.17. The first-order chi connectivity index (χ1) is 12.3. The molecule has 0 spiro atoms. The monoisotopic (exact) mass is 338 g/mol. The average Bonchev–Trinajstić information content (AvgIpc) is 3.27. The molecule has 1 fully saturated rings. The van der Waals surface area contributed by atoms with Crippen LogP contribution in [-0.2, 0) is 13.0 Å². The Morgan fingerprint density at radius 1 is 1.08 bits per heavy atom. The van der Waals surface area contributed by atoms with Crippen LogP contribution in [0.25, 0.3) is 5.78 Å². The Morgan fingerprint density at radius 2 is 2.00 bits per heavy atom. The van der Waals surface area contributed by atoms with Crippen molar-refractivity contribution in [2.24, 2.45) is 0 Å². The second-order valence-corrected chi connectivity index (χ2v) is 7.02. The molecule has 1 saturated heterocycles. The lowest BCUT2D eigenvalue weighted by Crippen LogP contribution is -2.37. The highest BCUT2D eigenvalue weighted by Gasteiger charge is 2.31. The molecule has 0 amide bonds. The lowest BCUT2D eigenvalue weighted by atomic mass is 10.0. The fraction of sp³-hybridized carbons (Fsp3) is 0.588. The van der Waals surface area contributed by atoms with Crippen molar-refractivity contribution in [3.05, 3.63) is 29.7 Å². The van der Waals surface area contributed by atoms with Gasteiger partial charge in [-0.3, -0.25) is 0 Å². The van der Waals surface area contributed by atoms with Gasteiger partial charge in [-0.15, -0.1) is 10.2 Å². The number of fused-ring (bicyclic) bond motifs is 2. The number of piperidine rings is 1. The molecule has 0 bridgehead atoms. The molecule has 0 aromatic carbocycles. The van der Waals surface area contributed by atoms with Gasteiger partial charge < -0.3 is 9.47 Å². The smallest absolute Gasteiger partial charge is 0.254 e. The quantitative estimate of drug-likeness (QED) is 0.712. The van der Waals surface area contributed by atoms with E-state index in [-0.39, 0.29) is 6.04 Å². The third kappa shape index (κ3) is 2.39. The molecule has 0 saturated carbocycles. The molecule has 2 aliphatic rings. The van der Waals surface area contributed by atoms with E-state index in [1.165, 1.54) is 25.7 Å². The Morgan fingerprint density at radius 3 is 2.96 bits per heavy atom. The largest absolute Gasteiger partial charge is 0.346 e. The van der Waals surface area contributed by atoms with Crippen LogP contribution in [0.15, 0.2) is 12.4 Å². The highest BCUT2D eigenvalue weighted by molar-refractivity contribution is 5.49. The molecule has 0 aliphatic carbocycles. The summed E-state index contributed by atoms with van der Waals surface area (Å²) < 4.78 is 4.19. The summed E-state index contributed by atoms with van der Waals surface area (Å²) in [7, 11) is 0. The van der Waals surface area contributed by atoms with Crippen molar-refractivity contribution in [2.45, 2.75) is 58.0 Å². The number of anilines is 1. The van der Waals surface area contributed by atoms with E-state index in [1.54, 1.807) is 6.33 Å². The van der Waals surface area contributed by atoms with Gasteiger partial charge in [0, 0.05) is 31.3 Å². The van der Waals surface area contributed by atoms with E-state index < -0.39 is 0 Å². The van der Waals surface area contributed by atoms with Crippen LogP contribution in [0.5, 0.6) is 0 Å². The lowest BCUT2D eigenvalue weighted by molar-refractivity contribution is 0.418. The summed E-state index contributed by atoms with van der Waals surface area (Å²) in [6.45, 7) is 4.04. The maximum Gasteiger partial charge on any atom is 0.254 e. The number of aryl methyl sites for hydroxylation is 2. The number of aromatic nitrogens is 7. The molecule has 5 rings (SSSR count). The van der Waals surface area contributed by atoms with E-state index in [4.69, 9.17) is 0 Å². The molecule has 8 heteroatoms. The van der Waals surface area contributed by atoms with E-state index in [0.29, 0.717) is 5.78 Å². The van der Waals surface area contributed by atoms with Gasteiger partial charge in [0.1, 0.15) is 18.0 Å². The van der Waals surface area contributed by atoms with Gasteiger partial charge in [-0.25, -0.2) is 4.98 Å². The summed E-state index contributed by atoms with van der Waals surface area (Å²) in [5.41, 5.74) is 0.961. The van der Waals surface area contributed by atoms with Gasteiger partial charge >= 0.3 is 0 Å². The average molecular weight is 338 g/mol. The van der Waals surface area contributed by atoms with Crippen molar-refractivity contribution in [2.75, 3.05) is 11.4 Å². The minimum atomic E-state index is 0.238. The Hall–Kier alpha value is -2.51. The lowest BCUT2D eigenvalue weighted by Gasteiger charge is -2.37. The molecule has 0 N–H and O–H groups in total. The summed E-state index contributed by atoms with van der Waals surface area (Å²) >= 11 is 0. The van der Waals surface area contributed by atoms with E-state index >= 15 is 0 Å². The molecule has 2 aliphatic heterocycles. The van der Waals surface area contributed by atoms with Crippen LogP contribution in [0.3, 0.4) is 0 Å². The molecule has 8 nitrogen and oxygen atoms in total. The summed E-state index contributed by atoms with van der Waals surface area (Å²) in [4.78, 5) is 11.2. The van der Waals surface area contributed by atoms with E-state index in [9.17, 15) is 0 Å². The molecule has 5 heterocycles. The summed E-state index contributed by atoms with van der Waals surface area (Å²) in [6, 6.07) is 2.34. The molecule has 130 valence electrons. The minimum absolute atomic E-state index is 0.238. The fourth-order valence-corrected chi connectivity index (χ4v) is 4.17. The highest BCUT2D eigenvalue weighted by Crippen LogP contribution is 2.35. The first-order valence-electron chi connectivity index (χ1n) is 9.17. The first kappa shape index (κ1) is 14.8. The van der Waals surface area contributed by atoms with Crippen LogP contribution in [0.2, 0.25) is 0 Å². The van der Waals surface area contributed by atoms with Gasteiger partial charge in [0.25, 0.3) is 5.78 Å². The van der Waals surface area contributed by atoms with Crippen molar-refractivity contribution >= 4 is 11.6 Å². The van der Waals surface area contributed by atoms with Gasteiger partial charge in [-0.1, -0.05) is 0 Å². The number of hydrogen-bond donors (Lipinski definition) is 0. The third-order valence-corrected chi connectivity index (χ3v) is 5.34. The van der Waals surface area contributed by atoms with E-state index in [0.717, 1.165) is 49.1 Å². The number of nitrogens with zero attached hydrogens (tertiary/aromatic N) is 8. The Kier molecular flexibility index (Phi) is 3.43. The second kappa shape index (κ2) is 5.79. The summed E-state index contributed by atoms with van der Waals surface area (Å²) in [5.74, 6) is 3.96. The van der Waals surface area contributed by atoms with Gasteiger partial charge in [0.05, 0.1) is 6.04 Å². The standard InChI is InChI=1S/C17H22N8/c1-12-10-15(25-17(20-12)18-11-19-25)23-8-4-2-6-13(23)16-22-21-14-7-3-5-9-24(14)16/h10-11,13H,2-9H2,1H3. The Labute approximate surface area is 145 Å². The molecule has 3 aromatic rings. The van der Waals surface area contributed by atoms with Crippen molar-refractivity contribution in [1.29, 1.82) is 0 Å². The maximum atomic E-state index is 4.60. The van der Waals surface area contributed by atoms with Gasteiger partial charge in [0.15, 0.2) is 5.82 Å². The predicted octanol–water partition coefficient (Wildman–Crippen LogP) is 2.09. The summed E-state index contributed by atoms with van der Waals surface area (Å²) in [5, 5.41) is 13.5. The van der Waals surface area contributed by atoms with Crippen molar-refractivity contribution in [3.63, 3.8) is 0 Å². The Bertz CT molecular complexity index is 911.